The molecule has 0 aliphatic rings. The molecule has 3 aromatic heterocycles. The van der Waals surface area contributed by atoms with Crippen LogP contribution < -0.4 is 4.74 Å². The number of benzene rings is 1. The van der Waals surface area contributed by atoms with Crippen LogP contribution in [-0.4, -0.2) is 44.9 Å². The van der Waals surface area contributed by atoms with Crippen LogP contribution in [0.4, 0.5) is 0 Å². The summed E-state index contributed by atoms with van der Waals surface area (Å²) in [6.07, 6.45) is 3.06. The van der Waals surface area contributed by atoms with Crippen LogP contribution >= 0.6 is 0 Å². The number of ether oxygens (including phenoxy) is 2. The Labute approximate surface area is 173 Å². The van der Waals surface area contributed by atoms with E-state index in [2.05, 4.69) is 14.5 Å². The summed E-state index contributed by atoms with van der Waals surface area (Å²) in [7, 11) is 0. The predicted molar refractivity (Wildman–Crippen MR) is 114 cm³/mol. The van der Waals surface area contributed by atoms with Gasteiger partial charge in [0.25, 0.3) is 0 Å². The zero-order valence-corrected chi connectivity index (χ0v) is 16.7. The third-order valence-corrected chi connectivity index (χ3v) is 4.95. The van der Waals surface area contributed by atoms with Crippen LogP contribution in [0.5, 0.6) is 5.75 Å². The molecule has 1 N–H and O–H groups in total. The topological polar surface area (TPSA) is 86.5 Å². The lowest BCUT2D eigenvalue weighted by Crippen LogP contribution is -2.26. The number of aromatic nitrogens is 3. The Morgan fingerprint density at radius 2 is 1.87 bits per heavy atom. The average Bonchev–Trinajstić information content (AvgIpc) is 3.09. The van der Waals surface area contributed by atoms with E-state index in [1.807, 2.05) is 48.5 Å². The van der Waals surface area contributed by atoms with Crippen molar-refractivity contribution in [2.45, 2.75) is 26.0 Å². The van der Waals surface area contributed by atoms with Gasteiger partial charge in [-0.05, 0) is 48.9 Å². The van der Waals surface area contributed by atoms with Gasteiger partial charge in [-0.25, -0.2) is 9.78 Å². The van der Waals surface area contributed by atoms with Crippen molar-refractivity contribution in [3.8, 4) is 5.75 Å². The number of hydrogen-bond donors (Lipinski definition) is 1. The summed E-state index contributed by atoms with van der Waals surface area (Å²) in [5.41, 5.74) is 3.75. The third-order valence-electron chi connectivity index (χ3n) is 4.95. The quantitative estimate of drug-likeness (QED) is 0.457. The fourth-order valence-corrected chi connectivity index (χ4v) is 3.57. The Kier molecular flexibility index (Phi) is 5.90. The van der Waals surface area contributed by atoms with Gasteiger partial charge < -0.3 is 19.1 Å². The summed E-state index contributed by atoms with van der Waals surface area (Å²) in [4.78, 5) is 20.3. The number of aliphatic carboxylic acids is 1. The number of hydrogen-bond acceptors (Lipinski definition) is 5. The number of carboxylic acids is 1. The van der Waals surface area contributed by atoms with E-state index in [9.17, 15) is 9.90 Å². The number of rotatable bonds is 9. The maximum Gasteiger partial charge on any atom is 0.333 e. The highest BCUT2D eigenvalue weighted by Crippen LogP contribution is 2.25. The van der Waals surface area contributed by atoms with E-state index in [0.29, 0.717) is 26.2 Å². The second kappa shape index (κ2) is 8.92. The zero-order chi connectivity index (χ0) is 20.9. The van der Waals surface area contributed by atoms with E-state index in [0.717, 1.165) is 33.4 Å². The monoisotopic (exact) mass is 405 g/mol. The minimum absolute atomic E-state index is 0.323. The first-order chi connectivity index (χ1) is 14.7. The Morgan fingerprint density at radius 3 is 2.63 bits per heavy atom. The van der Waals surface area contributed by atoms with Crippen LogP contribution in [0.2, 0.25) is 0 Å². The van der Waals surface area contributed by atoms with Gasteiger partial charge in [0, 0.05) is 30.8 Å². The van der Waals surface area contributed by atoms with E-state index in [-0.39, 0.29) is 0 Å². The van der Waals surface area contributed by atoms with Gasteiger partial charge in [-0.2, -0.15) is 0 Å². The number of carboxylic acid groups (broad SMARTS) is 1. The minimum Gasteiger partial charge on any atom is -0.492 e. The lowest BCUT2D eigenvalue weighted by molar-refractivity contribution is -0.149. The molecule has 0 amide bonds. The van der Waals surface area contributed by atoms with Crippen LogP contribution in [0.25, 0.3) is 22.1 Å². The molecule has 7 nitrogen and oxygen atoms in total. The van der Waals surface area contributed by atoms with Crippen molar-refractivity contribution in [1.82, 2.24) is 14.5 Å². The third kappa shape index (κ3) is 4.11. The van der Waals surface area contributed by atoms with Crippen molar-refractivity contribution in [2.75, 3.05) is 13.2 Å². The number of nitrogens with zero attached hydrogens (tertiary/aromatic N) is 3. The standard InChI is InChI=1S/C23H23N3O4/c1-2-29-20(23(27)28)15-16-7-9-17(10-8-16)30-14-13-26-19-6-4-11-24-21(19)18-5-3-12-25-22(18)26/h3-12,20H,2,13-15H2,1H3,(H,27,28). The minimum atomic E-state index is -0.952. The van der Waals surface area contributed by atoms with E-state index < -0.39 is 12.1 Å². The molecule has 1 atom stereocenters. The van der Waals surface area contributed by atoms with Crippen molar-refractivity contribution in [3.05, 3.63) is 66.5 Å². The normalized spacial score (nSPS) is 12.3. The smallest absolute Gasteiger partial charge is 0.333 e. The molecule has 0 aliphatic heterocycles. The molecule has 3 heterocycles. The van der Waals surface area contributed by atoms with Gasteiger partial charge in [0.2, 0.25) is 0 Å². The van der Waals surface area contributed by atoms with Crippen molar-refractivity contribution in [1.29, 1.82) is 0 Å². The second-order valence-electron chi connectivity index (χ2n) is 6.88. The highest BCUT2D eigenvalue weighted by atomic mass is 16.5. The highest BCUT2D eigenvalue weighted by molar-refractivity contribution is 6.03. The van der Waals surface area contributed by atoms with Crippen molar-refractivity contribution in [2.24, 2.45) is 0 Å². The van der Waals surface area contributed by atoms with Crippen LogP contribution in [0.3, 0.4) is 0 Å². The fourth-order valence-electron chi connectivity index (χ4n) is 3.57. The molecule has 0 saturated heterocycles. The maximum absolute atomic E-state index is 11.2. The van der Waals surface area contributed by atoms with E-state index in [1.54, 1.807) is 19.3 Å². The Balaban J connectivity index is 1.43. The van der Waals surface area contributed by atoms with Crippen molar-refractivity contribution in [3.63, 3.8) is 0 Å². The van der Waals surface area contributed by atoms with Crippen LogP contribution in [-0.2, 0) is 22.5 Å². The van der Waals surface area contributed by atoms with E-state index >= 15 is 0 Å². The van der Waals surface area contributed by atoms with Gasteiger partial charge in [-0.15, -0.1) is 0 Å². The molecule has 0 fully saturated rings. The summed E-state index contributed by atoms with van der Waals surface area (Å²) >= 11 is 0. The predicted octanol–water partition coefficient (Wildman–Crippen LogP) is 3.70. The average molecular weight is 405 g/mol. The lowest BCUT2D eigenvalue weighted by atomic mass is 10.1. The Bertz CT molecular complexity index is 1100. The lowest BCUT2D eigenvalue weighted by Gasteiger charge is -2.13. The van der Waals surface area contributed by atoms with E-state index in [4.69, 9.17) is 9.47 Å². The molecule has 0 spiro atoms. The molecular formula is C23H23N3O4. The molecule has 4 rings (SSSR count). The molecule has 154 valence electrons. The van der Waals surface area contributed by atoms with Crippen LogP contribution in [0.1, 0.15) is 12.5 Å². The van der Waals surface area contributed by atoms with Gasteiger partial charge in [0.05, 0.1) is 17.6 Å². The van der Waals surface area contributed by atoms with Gasteiger partial charge in [-0.1, -0.05) is 12.1 Å². The van der Waals surface area contributed by atoms with Crippen molar-refractivity contribution < 1.29 is 19.4 Å². The molecule has 0 aliphatic carbocycles. The molecule has 1 aromatic carbocycles. The first-order valence-electron chi connectivity index (χ1n) is 9.91. The first-order valence-corrected chi connectivity index (χ1v) is 9.91. The number of carbonyl (C=O) groups is 1. The number of pyridine rings is 2. The summed E-state index contributed by atoms with van der Waals surface area (Å²) in [5.74, 6) is -0.222. The fraction of sp³-hybridized carbons (Fsp3) is 0.261. The molecule has 7 heteroatoms. The summed E-state index contributed by atoms with van der Waals surface area (Å²) in [6, 6.07) is 15.4. The molecular weight excluding hydrogens is 382 g/mol. The van der Waals surface area contributed by atoms with Gasteiger partial charge in [0.1, 0.15) is 18.0 Å². The van der Waals surface area contributed by atoms with Crippen molar-refractivity contribution >= 4 is 28.0 Å². The SMILES string of the molecule is CCOC(Cc1ccc(OCCn2c3cccnc3c3cccnc32)cc1)C(=O)O. The maximum atomic E-state index is 11.2. The molecule has 4 aromatic rings. The first kappa shape index (κ1) is 19.8. The van der Waals surface area contributed by atoms with Crippen LogP contribution in [0.15, 0.2) is 60.9 Å². The largest absolute Gasteiger partial charge is 0.492 e. The van der Waals surface area contributed by atoms with Gasteiger partial charge in [-0.3, -0.25) is 4.98 Å². The molecule has 0 bridgehead atoms. The molecule has 0 radical (unpaired) electrons. The van der Waals surface area contributed by atoms with Crippen LogP contribution in [0, 0.1) is 0 Å². The second-order valence-corrected chi connectivity index (χ2v) is 6.88. The Hall–Kier alpha value is -3.45. The van der Waals surface area contributed by atoms with Gasteiger partial charge >= 0.3 is 5.97 Å². The molecule has 30 heavy (non-hydrogen) atoms. The summed E-state index contributed by atoms with van der Waals surface area (Å²) in [6.45, 7) is 3.26. The zero-order valence-electron chi connectivity index (χ0n) is 16.7. The molecule has 1 unspecified atom stereocenters. The summed E-state index contributed by atoms with van der Waals surface area (Å²) in [5, 5.41) is 10.2. The highest BCUT2D eigenvalue weighted by Gasteiger charge is 2.18. The Morgan fingerprint density at radius 1 is 1.10 bits per heavy atom. The molecule has 0 saturated carbocycles. The number of fused-ring (bicyclic) bond motifs is 3. The van der Waals surface area contributed by atoms with Gasteiger partial charge in [0.15, 0.2) is 6.10 Å². The van der Waals surface area contributed by atoms with E-state index in [1.165, 1.54) is 0 Å². The summed E-state index contributed by atoms with van der Waals surface area (Å²) < 4.78 is 13.3.